The van der Waals surface area contributed by atoms with Gasteiger partial charge in [0.25, 0.3) is 11.8 Å². The van der Waals surface area contributed by atoms with Crippen molar-refractivity contribution in [2.24, 2.45) is 28.8 Å². The van der Waals surface area contributed by atoms with Crippen LogP contribution in [0.5, 0.6) is 5.75 Å². The number of ether oxygens (including phenoxy) is 1. The molecule has 2 aliphatic carbocycles. The summed E-state index contributed by atoms with van der Waals surface area (Å²) < 4.78 is 6.58. The first-order valence-corrected chi connectivity index (χ1v) is 11.4. The smallest absolute Gasteiger partial charge is 0.254 e. The van der Waals surface area contributed by atoms with Gasteiger partial charge in [0.15, 0.2) is 0 Å². The molecule has 8 heteroatoms. The maximum Gasteiger partial charge on any atom is 0.254 e. The third-order valence-electron chi connectivity index (χ3n) is 6.10. The lowest BCUT2D eigenvalue weighted by Gasteiger charge is -2.13. The molecule has 4 atom stereocenters. The molecule has 1 saturated heterocycles. The molecule has 1 aliphatic heterocycles. The number of hydrazone groups is 1. The molecule has 2 aromatic carbocycles. The van der Waals surface area contributed by atoms with E-state index in [4.69, 9.17) is 27.9 Å². The lowest BCUT2D eigenvalue weighted by molar-refractivity contribution is -0.140. The highest BCUT2D eigenvalue weighted by Crippen LogP contribution is 2.52. The van der Waals surface area contributed by atoms with Gasteiger partial charge in [0.2, 0.25) is 0 Å². The molecule has 2 amide bonds. The van der Waals surface area contributed by atoms with Crippen LogP contribution in [-0.2, 0) is 16.2 Å². The molecule has 158 valence electrons. The monoisotopic (exact) mass is 518 g/mol. The van der Waals surface area contributed by atoms with Gasteiger partial charge >= 0.3 is 0 Å². The van der Waals surface area contributed by atoms with Crippen molar-refractivity contribution in [3.05, 3.63) is 74.2 Å². The van der Waals surface area contributed by atoms with Crippen LogP contribution in [0.25, 0.3) is 0 Å². The number of hydrogen-bond acceptors (Lipinski definition) is 4. The highest BCUT2D eigenvalue weighted by molar-refractivity contribution is 9.10. The summed E-state index contributed by atoms with van der Waals surface area (Å²) in [6, 6.07) is 10.8. The number of amides is 2. The van der Waals surface area contributed by atoms with Crippen LogP contribution in [0, 0.1) is 23.7 Å². The molecular formula is C23H17BrCl2N2O3. The molecule has 0 unspecified atom stereocenters. The molecule has 5 nitrogen and oxygen atoms in total. The summed E-state index contributed by atoms with van der Waals surface area (Å²) in [5.41, 5.74) is 1.64. The van der Waals surface area contributed by atoms with Gasteiger partial charge in [0.1, 0.15) is 12.4 Å². The molecule has 3 aliphatic rings. The molecule has 0 spiro atoms. The Bertz CT molecular complexity index is 1120. The van der Waals surface area contributed by atoms with E-state index in [1.165, 1.54) is 6.21 Å². The molecule has 2 bridgehead atoms. The first kappa shape index (κ1) is 20.7. The van der Waals surface area contributed by atoms with Crippen LogP contribution in [0.2, 0.25) is 10.0 Å². The maximum absolute atomic E-state index is 12.7. The maximum atomic E-state index is 12.7. The van der Waals surface area contributed by atoms with Crippen LogP contribution in [0.4, 0.5) is 0 Å². The minimum atomic E-state index is -0.247. The van der Waals surface area contributed by atoms with E-state index < -0.39 is 0 Å². The number of fused-ring (bicyclic) bond motifs is 5. The Morgan fingerprint density at radius 1 is 1.03 bits per heavy atom. The fourth-order valence-electron chi connectivity index (χ4n) is 4.63. The molecule has 1 saturated carbocycles. The largest absolute Gasteiger partial charge is 0.488 e. The van der Waals surface area contributed by atoms with Gasteiger partial charge in [-0.1, -0.05) is 41.4 Å². The summed E-state index contributed by atoms with van der Waals surface area (Å²) in [7, 11) is 0. The van der Waals surface area contributed by atoms with Crippen LogP contribution < -0.4 is 4.74 Å². The van der Waals surface area contributed by atoms with Gasteiger partial charge in [-0.3, -0.25) is 9.59 Å². The van der Waals surface area contributed by atoms with Crippen molar-refractivity contribution in [1.29, 1.82) is 0 Å². The third kappa shape index (κ3) is 3.71. The van der Waals surface area contributed by atoms with Crippen molar-refractivity contribution >= 4 is 57.2 Å². The fourth-order valence-corrected chi connectivity index (χ4v) is 5.46. The molecular weight excluding hydrogens is 503 g/mol. The Kier molecular flexibility index (Phi) is 5.40. The molecule has 2 aromatic rings. The average molecular weight is 520 g/mol. The number of rotatable bonds is 5. The number of hydrogen-bond donors (Lipinski definition) is 0. The summed E-state index contributed by atoms with van der Waals surface area (Å²) in [6.07, 6.45) is 6.57. The summed E-state index contributed by atoms with van der Waals surface area (Å²) >= 11 is 15.5. The number of carbonyl (C=O) groups is 2. The Hall–Kier alpha value is -2.15. The minimum Gasteiger partial charge on any atom is -0.488 e. The lowest BCUT2D eigenvalue weighted by atomic mass is 9.85. The van der Waals surface area contributed by atoms with Crippen molar-refractivity contribution in [2.75, 3.05) is 0 Å². The second-order valence-electron chi connectivity index (χ2n) is 7.96. The quantitative estimate of drug-likeness (QED) is 0.298. The second kappa shape index (κ2) is 8.08. The molecule has 2 fully saturated rings. The Labute approximate surface area is 197 Å². The SMILES string of the molecule is O=C1[C@@H]2[C@H](C(=O)N1N=Cc1ccc(OCc3ccc(Cl)c(Cl)c3)c(Br)c1)[C@H]1C=C[C@H]2C1. The number of benzene rings is 2. The standard InChI is InChI=1S/C23H17BrCl2N2O3/c24-16-7-12(2-6-19(16)31-11-13-1-5-17(25)18(26)8-13)10-27-28-22(29)20-14-3-4-15(9-14)21(20)23(28)30/h1-8,10,14-15,20-21H,9,11H2/t14-,15-,20-,21+/m0/s1. The van der Waals surface area contributed by atoms with Crippen molar-refractivity contribution in [3.63, 3.8) is 0 Å². The Morgan fingerprint density at radius 2 is 1.74 bits per heavy atom. The third-order valence-corrected chi connectivity index (χ3v) is 7.46. The molecule has 0 aromatic heterocycles. The fraction of sp³-hybridized carbons (Fsp3) is 0.261. The van der Waals surface area contributed by atoms with E-state index in [0.29, 0.717) is 22.4 Å². The first-order valence-electron chi connectivity index (χ1n) is 9.89. The summed E-state index contributed by atoms with van der Waals surface area (Å²) in [5, 5.41) is 6.23. The predicted molar refractivity (Wildman–Crippen MR) is 122 cm³/mol. The van der Waals surface area contributed by atoms with Crippen molar-refractivity contribution in [2.45, 2.75) is 13.0 Å². The van der Waals surface area contributed by atoms with Crippen molar-refractivity contribution in [1.82, 2.24) is 5.01 Å². The van der Waals surface area contributed by atoms with Gasteiger partial charge in [0.05, 0.1) is 32.6 Å². The van der Waals surface area contributed by atoms with Gasteiger partial charge in [-0.25, -0.2) is 0 Å². The van der Waals surface area contributed by atoms with Gasteiger partial charge in [-0.2, -0.15) is 10.1 Å². The van der Waals surface area contributed by atoms with Gasteiger partial charge < -0.3 is 4.74 Å². The van der Waals surface area contributed by atoms with E-state index in [9.17, 15) is 9.59 Å². The number of imide groups is 1. The molecule has 0 N–H and O–H groups in total. The Balaban J connectivity index is 1.26. The summed E-state index contributed by atoms with van der Waals surface area (Å²) in [4.78, 5) is 25.4. The minimum absolute atomic E-state index is 0.174. The summed E-state index contributed by atoms with van der Waals surface area (Å²) in [5.74, 6) is 0.119. The number of nitrogens with zero attached hydrogens (tertiary/aromatic N) is 2. The van der Waals surface area contributed by atoms with E-state index in [-0.39, 0.29) is 35.5 Å². The lowest BCUT2D eigenvalue weighted by Crippen LogP contribution is -2.28. The van der Waals surface area contributed by atoms with Crippen LogP contribution in [0.3, 0.4) is 0 Å². The van der Waals surface area contributed by atoms with Crippen LogP contribution >= 0.6 is 39.1 Å². The highest BCUT2D eigenvalue weighted by Gasteiger charge is 2.59. The number of allylic oxidation sites excluding steroid dienone is 2. The zero-order valence-corrected chi connectivity index (χ0v) is 19.3. The van der Waals surface area contributed by atoms with Crippen LogP contribution in [0.1, 0.15) is 17.5 Å². The van der Waals surface area contributed by atoms with E-state index >= 15 is 0 Å². The van der Waals surface area contributed by atoms with E-state index in [0.717, 1.165) is 27.0 Å². The average Bonchev–Trinajstić information content (AvgIpc) is 3.43. The summed E-state index contributed by atoms with van der Waals surface area (Å²) in [6.45, 7) is 0.332. The zero-order valence-electron chi connectivity index (χ0n) is 16.2. The molecule has 1 heterocycles. The van der Waals surface area contributed by atoms with Gasteiger partial charge in [-0.05, 0) is 75.6 Å². The second-order valence-corrected chi connectivity index (χ2v) is 9.63. The molecule has 31 heavy (non-hydrogen) atoms. The first-order chi connectivity index (χ1) is 14.9. The number of carbonyl (C=O) groups excluding carboxylic acids is 2. The van der Waals surface area contributed by atoms with Crippen molar-refractivity contribution < 1.29 is 14.3 Å². The van der Waals surface area contributed by atoms with Gasteiger partial charge in [0, 0.05) is 0 Å². The number of halogens is 3. The predicted octanol–water partition coefficient (Wildman–Crippen LogP) is 5.48. The normalized spacial score (nSPS) is 26.4. The topological polar surface area (TPSA) is 59.0 Å². The van der Waals surface area contributed by atoms with Crippen LogP contribution in [-0.4, -0.2) is 23.0 Å². The zero-order chi connectivity index (χ0) is 21.7. The molecule has 0 radical (unpaired) electrons. The van der Waals surface area contributed by atoms with Crippen molar-refractivity contribution in [3.8, 4) is 5.75 Å². The Morgan fingerprint density at radius 3 is 2.39 bits per heavy atom. The van der Waals surface area contributed by atoms with E-state index in [1.54, 1.807) is 18.2 Å². The van der Waals surface area contributed by atoms with E-state index in [2.05, 4.69) is 33.2 Å². The van der Waals surface area contributed by atoms with Gasteiger partial charge in [-0.15, -0.1) is 0 Å². The van der Waals surface area contributed by atoms with Crippen LogP contribution in [0.15, 0.2) is 58.1 Å². The highest BCUT2D eigenvalue weighted by atomic mass is 79.9. The molecule has 5 rings (SSSR count). The van der Waals surface area contributed by atoms with E-state index in [1.807, 2.05) is 18.2 Å².